The van der Waals surface area contributed by atoms with Crippen molar-refractivity contribution in [3.05, 3.63) is 89.8 Å². The Bertz CT molecular complexity index is 932. The molecule has 0 aliphatic carbocycles. The van der Waals surface area contributed by atoms with Crippen molar-refractivity contribution < 1.29 is 14.0 Å². The molecule has 3 aromatic rings. The van der Waals surface area contributed by atoms with Crippen LogP contribution < -0.4 is 10.6 Å². The third kappa shape index (κ3) is 4.47. The zero-order valence-corrected chi connectivity index (χ0v) is 13.6. The molecule has 2 heterocycles. The van der Waals surface area contributed by atoms with Gasteiger partial charge in [0.05, 0.1) is 23.4 Å². The molecule has 2 N–H and O–H groups in total. The fourth-order valence-electron chi connectivity index (χ4n) is 2.23. The number of hydrogen-bond acceptors (Lipinski definition) is 4. The molecule has 0 aliphatic rings. The molecule has 130 valence electrons. The summed E-state index contributed by atoms with van der Waals surface area (Å²) in [6.45, 7) is 0.263. The maximum Gasteiger partial charge on any atom is 0.257 e. The van der Waals surface area contributed by atoms with Crippen LogP contribution in [-0.4, -0.2) is 21.8 Å². The van der Waals surface area contributed by atoms with Crippen molar-refractivity contribution in [1.29, 1.82) is 0 Å². The van der Waals surface area contributed by atoms with Gasteiger partial charge in [0.25, 0.3) is 11.8 Å². The number of rotatable bonds is 5. The molecule has 0 aliphatic heterocycles. The van der Waals surface area contributed by atoms with Gasteiger partial charge in [0.2, 0.25) is 0 Å². The molecule has 0 fully saturated rings. The predicted octanol–water partition coefficient (Wildman–Crippen LogP) is 2.80. The quantitative estimate of drug-likeness (QED) is 0.741. The summed E-state index contributed by atoms with van der Waals surface area (Å²) in [6.07, 6.45) is 4.34. The van der Waals surface area contributed by atoms with E-state index in [-0.39, 0.29) is 23.6 Å². The zero-order chi connectivity index (χ0) is 18.4. The van der Waals surface area contributed by atoms with Crippen LogP contribution in [0.1, 0.15) is 26.4 Å². The van der Waals surface area contributed by atoms with Gasteiger partial charge in [-0.1, -0.05) is 12.1 Å². The van der Waals surface area contributed by atoms with Gasteiger partial charge < -0.3 is 10.6 Å². The molecular weight excluding hydrogens is 335 g/mol. The molecule has 0 spiro atoms. The van der Waals surface area contributed by atoms with Gasteiger partial charge in [0, 0.05) is 24.3 Å². The lowest BCUT2D eigenvalue weighted by molar-refractivity contribution is 0.0950. The lowest BCUT2D eigenvalue weighted by Gasteiger charge is -2.07. The van der Waals surface area contributed by atoms with E-state index in [4.69, 9.17) is 0 Å². The van der Waals surface area contributed by atoms with Crippen LogP contribution in [-0.2, 0) is 6.54 Å². The standard InChI is InChI=1S/C19H15FN4O2/c20-15-4-3-6-16(9-15)24-19(26)14-8-13(10-21-11-14)18(25)23-12-17-5-1-2-7-22-17/h1-11H,12H2,(H,23,25)(H,24,26). The van der Waals surface area contributed by atoms with Crippen LogP contribution in [0.2, 0.25) is 0 Å². The fourth-order valence-corrected chi connectivity index (χ4v) is 2.23. The number of halogens is 1. The van der Waals surface area contributed by atoms with Crippen molar-refractivity contribution in [3.8, 4) is 0 Å². The second kappa shape index (κ2) is 7.98. The highest BCUT2D eigenvalue weighted by Crippen LogP contribution is 2.12. The summed E-state index contributed by atoms with van der Waals surface area (Å²) in [4.78, 5) is 32.5. The van der Waals surface area contributed by atoms with Crippen LogP contribution in [0, 0.1) is 5.82 Å². The van der Waals surface area contributed by atoms with Gasteiger partial charge in [-0.2, -0.15) is 0 Å². The van der Waals surface area contributed by atoms with Gasteiger partial charge in [-0.25, -0.2) is 4.39 Å². The Hall–Kier alpha value is -3.61. The van der Waals surface area contributed by atoms with Gasteiger partial charge >= 0.3 is 0 Å². The van der Waals surface area contributed by atoms with Gasteiger partial charge in [-0.3, -0.25) is 19.6 Å². The van der Waals surface area contributed by atoms with Crippen LogP contribution >= 0.6 is 0 Å². The van der Waals surface area contributed by atoms with Crippen molar-refractivity contribution in [3.63, 3.8) is 0 Å². The number of pyridine rings is 2. The maximum atomic E-state index is 13.2. The van der Waals surface area contributed by atoms with Crippen molar-refractivity contribution in [2.75, 3.05) is 5.32 Å². The first-order chi connectivity index (χ1) is 12.6. The number of carbonyl (C=O) groups excluding carboxylic acids is 2. The highest BCUT2D eigenvalue weighted by atomic mass is 19.1. The highest BCUT2D eigenvalue weighted by Gasteiger charge is 2.12. The van der Waals surface area contributed by atoms with E-state index in [0.717, 1.165) is 0 Å². The molecule has 6 nitrogen and oxygen atoms in total. The molecular formula is C19H15FN4O2. The van der Waals surface area contributed by atoms with Crippen molar-refractivity contribution in [2.24, 2.45) is 0 Å². The number of carbonyl (C=O) groups is 2. The summed E-state index contributed by atoms with van der Waals surface area (Å²) >= 11 is 0. The molecule has 0 unspecified atom stereocenters. The average molecular weight is 350 g/mol. The van der Waals surface area contributed by atoms with Crippen LogP contribution in [0.3, 0.4) is 0 Å². The molecule has 1 aromatic carbocycles. The Kier molecular flexibility index (Phi) is 5.28. The first-order valence-corrected chi connectivity index (χ1v) is 7.82. The summed E-state index contributed by atoms with van der Waals surface area (Å²) in [5.74, 6) is -1.31. The predicted molar refractivity (Wildman–Crippen MR) is 94.0 cm³/mol. The van der Waals surface area contributed by atoms with Crippen LogP contribution in [0.4, 0.5) is 10.1 Å². The Morgan fingerprint density at radius 2 is 1.77 bits per heavy atom. The van der Waals surface area contributed by atoms with Crippen molar-refractivity contribution >= 4 is 17.5 Å². The number of benzene rings is 1. The van der Waals surface area contributed by atoms with E-state index in [2.05, 4.69) is 20.6 Å². The largest absolute Gasteiger partial charge is 0.346 e. The number of nitrogens with one attached hydrogen (secondary N) is 2. The van der Waals surface area contributed by atoms with E-state index in [9.17, 15) is 14.0 Å². The molecule has 0 saturated carbocycles. The summed E-state index contributed by atoms with van der Waals surface area (Å²) in [7, 11) is 0. The third-order valence-electron chi connectivity index (χ3n) is 3.50. The third-order valence-corrected chi connectivity index (χ3v) is 3.50. The second-order valence-corrected chi connectivity index (χ2v) is 5.43. The molecule has 0 atom stereocenters. The van der Waals surface area contributed by atoms with Gasteiger partial charge in [0.15, 0.2) is 0 Å². The molecule has 0 saturated heterocycles. The molecule has 2 aromatic heterocycles. The summed E-state index contributed by atoms with van der Waals surface area (Å²) in [5.41, 5.74) is 1.47. The van der Waals surface area contributed by atoms with E-state index in [0.29, 0.717) is 11.4 Å². The first kappa shape index (κ1) is 17.2. The number of aromatic nitrogens is 2. The van der Waals surface area contributed by atoms with Crippen LogP contribution in [0.25, 0.3) is 0 Å². The minimum atomic E-state index is -0.484. The molecule has 2 amide bonds. The SMILES string of the molecule is O=C(NCc1ccccn1)c1cncc(C(=O)Nc2cccc(F)c2)c1. The second-order valence-electron chi connectivity index (χ2n) is 5.43. The van der Waals surface area contributed by atoms with Crippen molar-refractivity contribution in [1.82, 2.24) is 15.3 Å². The Morgan fingerprint density at radius 1 is 0.962 bits per heavy atom. The number of nitrogens with zero attached hydrogens (tertiary/aromatic N) is 2. The number of anilines is 1. The molecule has 7 heteroatoms. The number of hydrogen-bond donors (Lipinski definition) is 2. The molecule has 26 heavy (non-hydrogen) atoms. The summed E-state index contributed by atoms with van der Waals surface area (Å²) in [5, 5.41) is 5.28. The van der Waals surface area contributed by atoms with Crippen LogP contribution in [0.15, 0.2) is 67.1 Å². The normalized spacial score (nSPS) is 10.2. The topological polar surface area (TPSA) is 84.0 Å². The molecule has 0 bridgehead atoms. The van der Waals surface area contributed by atoms with E-state index in [1.807, 2.05) is 6.07 Å². The molecule has 3 rings (SSSR count). The summed E-state index contributed by atoms with van der Waals surface area (Å²) < 4.78 is 13.2. The lowest BCUT2D eigenvalue weighted by atomic mass is 10.1. The average Bonchev–Trinajstić information content (AvgIpc) is 2.67. The minimum Gasteiger partial charge on any atom is -0.346 e. The fraction of sp³-hybridized carbons (Fsp3) is 0.0526. The summed E-state index contributed by atoms with van der Waals surface area (Å²) in [6, 6.07) is 12.4. The van der Waals surface area contributed by atoms with E-state index in [1.54, 1.807) is 24.4 Å². The zero-order valence-electron chi connectivity index (χ0n) is 13.6. The first-order valence-electron chi connectivity index (χ1n) is 7.82. The smallest absolute Gasteiger partial charge is 0.257 e. The van der Waals surface area contributed by atoms with E-state index < -0.39 is 11.7 Å². The van der Waals surface area contributed by atoms with Gasteiger partial charge in [0.1, 0.15) is 5.82 Å². The lowest BCUT2D eigenvalue weighted by Crippen LogP contribution is -2.24. The van der Waals surface area contributed by atoms with Crippen LogP contribution in [0.5, 0.6) is 0 Å². The Balaban J connectivity index is 1.67. The van der Waals surface area contributed by atoms with Gasteiger partial charge in [-0.05, 0) is 36.4 Å². The number of amides is 2. The maximum absolute atomic E-state index is 13.2. The van der Waals surface area contributed by atoms with E-state index in [1.165, 1.54) is 36.7 Å². The Morgan fingerprint density at radius 3 is 2.50 bits per heavy atom. The monoisotopic (exact) mass is 350 g/mol. The van der Waals surface area contributed by atoms with Gasteiger partial charge in [-0.15, -0.1) is 0 Å². The van der Waals surface area contributed by atoms with E-state index >= 15 is 0 Å². The minimum absolute atomic E-state index is 0.194. The molecule has 0 radical (unpaired) electrons. The van der Waals surface area contributed by atoms with Crippen molar-refractivity contribution in [2.45, 2.75) is 6.54 Å². The Labute approximate surface area is 149 Å². The highest BCUT2D eigenvalue weighted by molar-refractivity contribution is 6.05.